The SMILES string of the molecule is C/C(=N\NC(=O)Nc1cc(F)cc(F)c1)c1ncccc1C(=O)O.COC(=O)c1cc(Oc2ccc(Cl)cc2Cl)ccc1[N+](=O)[O-].CP(=O)(O)CCC(N)C(=O)O. The number of carbonyl (C=O) groups excluding carboxylic acids is 2. The van der Waals surface area contributed by atoms with Gasteiger partial charge in [-0.25, -0.2) is 28.6 Å². The van der Waals surface area contributed by atoms with Crippen LogP contribution in [-0.4, -0.2) is 80.6 Å². The van der Waals surface area contributed by atoms with E-state index in [2.05, 4.69) is 25.6 Å². The van der Waals surface area contributed by atoms with Gasteiger partial charge in [0.25, 0.3) is 5.69 Å². The quantitative estimate of drug-likeness (QED) is 0.0282. The summed E-state index contributed by atoms with van der Waals surface area (Å²) in [7, 11) is -1.97. The van der Waals surface area contributed by atoms with E-state index in [-0.39, 0.29) is 57.3 Å². The zero-order chi connectivity index (χ0) is 43.0. The van der Waals surface area contributed by atoms with Crippen LogP contribution in [0.15, 0.2) is 78.0 Å². The van der Waals surface area contributed by atoms with Gasteiger partial charge < -0.3 is 35.6 Å². The number of aliphatic carboxylic acids is 1. The van der Waals surface area contributed by atoms with Crippen molar-refractivity contribution >= 4 is 71.6 Å². The smallest absolute Gasteiger partial charge is 0.345 e. The van der Waals surface area contributed by atoms with Gasteiger partial charge in [0.05, 0.1) is 28.3 Å². The van der Waals surface area contributed by atoms with Gasteiger partial charge in [-0.05, 0) is 61.9 Å². The Morgan fingerprint density at radius 2 is 1.68 bits per heavy atom. The number of hydrazone groups is 1. The number of aromatic carboxylic acids is 1. The summed E-state index contributed by atoms with van der Waals surface area (Å²) < 4.78 is 46.8. The highest BCUT2D eigenvalue weighted by Crippen LogP contribution is 2.36. The number of hydrogen-bond donors (Lipinski definition) is 6. The summed E-state index contributed by atoms with van der Waals surface area (Å²) in [5, 5.41) is 34.9. The Balaban J connectivity index is 0.000000316. The highest BCUT2D eigenvalue weighted by atomic mass is 35.5. The second-order valence-corrected chi connectivity index (χ2v) is 14.6. The number of anilines is 1. The molecule has 57 heavy (non-hydrogen) atoms. The number of carboxylic acids is 2. The van der Waals surface area contributed by atoms with Crippen LogP contribution in [0.4, 0.5) is 25.0 Å². The number of carboxylic acid groups (broad SMARTS) is 2. The van der Waals surface area contributed by atoms with Crippen LogP contribution in [0.3, 0.4) is 0 Å². The second-order valence-electron chi connectivity index (χ2n) is 11.2. The van der Waals surface area contributed by atoms with Crippen molar-refractivity contribution in [1.29, 1.82) is 0 Å². The molecule has 0 fully saturated rings. The molecule has 0 aliphatic carbocycles. The molecule has 2 amide bonds. The number of hydrogen-bond acceptors (Lipinski definition) is 12. The standard InChI is InChI=1S/C15H12F2N4O3.C14H9Cl2NO5.C5H12NO4P/c1-8(13-12(14(22)23)3-2-4-18-13)20-21-15(24)19-11-6-9(16)5-10(17)7-11;1-21-14(18)10-7-9(3-4-12(10)17(19)20)22-13-5-2-8(15)6-11(13)16;1-11(9,10)3-2-4(6)5(7)8/h2-7H,1H3,(H,22,23)(H2,19,21,24);2-7H,1H3;4H,2-3,6H2,1H3,(H,7,8)(H,9,10)/b20-8+;;. The van der Waals surface area contributed by atoms with Gasteiger partial charge in [0.15, 0.2) is 7.37 Å². The zero-order valence-electron chi connectivity index (χ0n) is 29.8. The van der Waals surface area contributed by atoms with E-state index in [9.17, 15) is 42.6 Å². The molecule has 2 atom stereocenters. The molecular weight excluding hydrogens is 824 g/mol. The van der Waals surface area contributed by atoms with Gasteiger partial charge in [-0.2, -0.15) is 5.10 Å². The summed E-state index contributed by atoms with van der Waals surface area (Å²) in [6.45, 7) is 2.64. The number of esters is 1. The molecule has 3 aromatic carbocycles. The average molecular weight is 858 g/mol. The van der Waals surface area contributed by atoms with E-state index < -0.39 is 53.9 Å². The Kier molecular flexibility index (Phi) is 18.1. The molecule has 18 nitrogen and oxygen atoms in total. The maximum atomic E-state index is 13.0. The van der Waals surface area contributed by atoms with E-state index in [4.69, 9.17) is 48.8 Å². The number of urea groups is 1. The summed E-state index contributed by atoms with van der Waals surface area (Å²) in [5.41, 5.74) is 6.66. The molecule has 0 spiro atoms. The first kappa shape index (κ1) is 47.1. The summed E-state index contributed by atoms with van der Waals surface area (Å²) in [6.07, 6.45) is 1.39. The summed E-state index contributed by atoms with van der Waals surface area (Å²) >= 11 is 11.8. The number of methoxy groups -OCH3 is 1. The van der Waals surface area contributed by atoms with E-state index in [1.807, 2.05) is 0 Å². The van der Waals surface area contributed by atoms with Gasteiger partial charge in [-0.3, -0.25) is 24.5 Å². The third-order valence-electron chi connectivity index (χ3n) is 6.69. The van der Waals surface area contributed by atoms with E-state index in [0.717, 1.165) is 25.3 Å². The maximum Gasteiger partial charge on any atom is 0.345 e. The van der Waals surface area contributed by atoms with Gasteiger partial charge in [0.2, 0.25) is 0 Å². The number of aromatic nitrogens is 1. The van der Waals surface area contributed by atoms with E-state index in [1.54, 1.807) is 12.1 Å². The molecule has 0 aliphatic heterocycles. The van der Waals surface area contributed by atoms with Gasteiger partial charge in [-0.15, -0.1) is 0 Å². The van der Waals surface area contributed by atoms with Crippen molar-refractivity contribution in [3.05, 3.63) is 122 Å². The van der Waals surface area contributed by atoms with Crippen molar-refractivity contribution in [3.63, 3.8) is 0 Å². The lowest BCUT2D eigenvalue weighted by atomic mass is 10.1. The molecule has 0 bridgehead atoms. The minimum absolute atomic E-state index is 0.0412. The van der Waals surface area contributed by atoms with Crippen LogP contribution in [-0.2, 0) is 14.1 Å². The van der Waals surface area contributed by atoms with Crippen molar-refractivity contribution in [2.75, 3.05) is 25.3 Å². The molecule has 4 rings (SSSR count). The number of amides is 2. The van der Waals surface area contributed by atoms with Crippen LogP contribution >= 0.6 is 30.6 Å². The molecule has 0 aliphatic rings. The maximum absolute atomic E-state index is 13.0. The molecule has 0 radical (unpaired) electrons. The number of rotatable bonds is 12. The normalized spacial score (nSPS) is 12.2. The average Bonchev–Trinajstić information content (AvgIpc) is 3.13. The molecule has 304 valence electrons. The molecule has 23 heteroatoms. The molecule has 2 unspecified atom stereocenters. The monoisotopic (exact) mass is 856 g/mol. The number of nitrogens with one attached hydrogen (secondary N) is 2. The molecule has 1 aromatic heterocycles. The number of benzene rings is 3. The molecular formula is C34H33Cl2F2N6O12P. The Morgan fingerprint density at radius 1 is 1.04 bits per heavy atom. The number of ether oxygens (including phenoxy) is 2. The number of nitro benzene ring substituents is 1. The van der Waals surface area contributed by atoms with Gasteiger partial charge >= 0.3 is 23.9 Å². The lowest BCUT2D eigenvalue weighted by molar-refractivity contribution is -0.385. The molecule has 1 heterocycles. The molecule has 0 saturated heterocycles. The Hall–Kier alpha value is -6.05. The minimum Gasteiger partial charge on any atom is -0.480 e. The number of nitrogens with zero attached hydrogens (tertiary/aromatic N) is 3. The fraction of sp³-hybridized carbons (Fsp3) is 0.176. The Labute approximate surface area is 331 Å². The second kappa shape index (κ2) is 21.9. The first-order chi connectivity index (χ1) is 26.6. The largest absolute Gasteiger partial charge is 0.480 e. The predicted octanol–water partition coefficient (Wildman–Crippen LogP) is 6.77. The van der Waals surface area contributed by atoms with E-state index in [1.165, 1.54) is 50.1 Å². The Bertz CT molecular complexity index is 2190. The zero-order valence-corrected chi connectivity index (χ0v) is 32.2. The van der Waals surface area contributed by atoms with Crippen LogP contribution in [0.5, 0.6) is 11.5 Å². The third-order valence-corrected chi connectivity index (χ3v) is 8.31. The number of nitro groups is 1. The fourth-order valence-corrected chi connectivity index (χ4v) is 5.24. The topological polar surface area (TPSA) is 283 Å². The highest BCUT2D eigenvalue weighted by Gasteiger charge is 2.22. The number of halogens is 4. The van der Waals surface area contributed by atoms with Gasteiger partial charge in [0.1, 0.15) is 40.4 Å². The van der Waals surface area contributed by atoms with Crippen LogP contribution in [0.25, 0.3) is 0 Å². The molecule has 7 N–H and O–H groups in total. The first-order valence-electron chi connectivity index (χ1n) is 15.6. The van der Waals surface area contributed by atoms with Crippen molar-refractivity contribution in [2.45, 2.75) is 19.4 Å². The summed E-state index contributed by atoms with van der Waals surface area (Å²) in [4.78, 5) is 67.4. The van der Waals surface area contributed by atoms with Crippen molar-refractivity contribution in [3.8, 4) is 11.5 Å². The van der Waals surface area contributed by atoms with Crippen molar-refractivity contribution in [2.24, 2.45) is 10.8 Å². The van der Waals surface area contributed by atoms with Crippen LogP contribution in [0.1, 0.15) is 39.8 Å². The minimum atomic E-state index is -3.10. The summed E-state index contributed by atoms with van der Waals surface area (Å²) in [5.74, 6) is -4.34. The number of nitrogens with two attached hydrogens (primary N) is 1. The van der Waals surface area contributed by atoms with Crippen LogP contribution in [0.2, 0.25) is 10.0 Å². The lowest BCUT2D eigenvalue weighted by Gasteiger charge is -2.09. The van der Waals surface area contributed by atoms with E-state index in [0.29, 0.717) is 16.8 Å². The van der Waals surface area contributed by atoms with Crippen LogP contribution in [0, 0.1) is 21.7 Å². The lowest BCUT2D eigenvalue weighted by Crippen LogP contribution is -2.30. The first-order valence-corrected chi connectivity index (χ1v) is 18.7. The predicted molar refractivity (Wildman–Crippen MR) is 204 cm³/mol. The van der Waals surface area contributed by atoms with E-state index >= 15 is 0 Å². The number of carbonyl (C=O) groups is 4. The molecule has 4 aromatic rings. The summed E-state index contributed by atoms with van der Waals surface area (Å²) in [6, 6.07) is 11.8. The van der Waals surface area contributed by atoms with Crippen LogP contribution < -0.4 is 21.2 Å². The Morgan fingerprint density at radius 3 is 2.23 bits per heavy atom. The third kappa shape index (κ3) is 16.3. The molecule has 0 saturated carbocycles. The van der Waals surface area contributed by atoms with Crippen molar-refractivity contribution < 1.29 is 62.0 Å². The van der Waals surface area contributed by atoms with Gasteiger partial charge in [0, 0.05) is 47.9 Å². The number of pyridine rings is 1. The fourth-order valence-electron chi connectivity index (χ4n) is 4.04. The highest BCUT2D eigenvalue weighted by molar-refractivity contribution is 7.57. The van der Waals surface area contributed by atoms with Gasteiger partial charge in [-0.1, -0.05) is 23.2 Å². The van der Waals surface area contributed by atoms with Crippen molar-refractivity contribution in [1.82, 2.24) is 10.4 Å².